The molecule has 0 saturated carbocycles. The molecule has 2 aromatic heterocycles. The number of halogens is 2. The Morgan fingerprint density at radius 1 is 1.19 bits per heavy atom. The number of fused-ring (bicyclic) bond motifs is 1. The van der Waals surface area contributed by atoms with Gasteiger partial charge in [0.25, 0.3) is 5.91 Å². The zero-order valence-electron chi connectivity index (χ0n) is 14.3. The van der Waals surface area contributed by atoms with Crippen LogP contribution in [-0.4, -0.2) is 10.9 Å². The van der Waals surface area contributed by atoms with Crippen LogP contribution >= 0.6 is 38.9 Å². The smallest absolute Gasteiger partial charge is 0.296 e. The Balaban J connectivity index is 1.81. The lowest BCUT2D eigenvalue weighted by Crippen LogP contribution is -2.30. The summed E-state index contributed by atoms with van der Waals surface area (Å²) in [7, 11) is 0. The Morgan fingerprint density at radius 2 is 1.96 bits per heavy atom. The molecule has 0 bridgehead atoms. The van der Waals surface area contributed by atoms with Crippen molar-refractivity contribution in [2.75, 3.05) is 4.90 Å². The van der Waals surface area contributed by atoms with Crippen LogP contribution in [0.5, 0.6) is 0 Å². The first-order valence-corrected chi connectivity index (χ1v) is 10.2. The Labute approximate surface area is 173 Å². The standard InChI is InChI=1S/C20H14BrClN2O2S/c1-12-7-8-14(22)18-17(12)23-20(27-18)24(11-13-5-3-2-4-6-13)19(25)15-9-10-16(21)26-15/h2-10H,11H2,1H3. The summed E-state index contributed by atoms with van der Waals surface area (Å²) in [5.41, 5.74) is 2.83. The minimum Gasteiger partial charge on any atom is -0.444 e. The van der Waals surface area contributed by atoms with E-state index in [9.17, 15) is 4.79 Å². The van der Waals surface area contributed by atoms with E-state index in [1.54, 1.807) is 17.0 Å². The van der Waals surface area contributed by atoms with Gasteiger partial charge in [0.2, 0.25) is 0 Å². The number of furan rings is 1. The summed E-state index contributed by atoms with van der Waals surface area (Å²) in [5, 5.41) is 1.22. The van der Waals surface area contributed by atoms with Crippen LogP contribution in [0.15, 0.2) is 63.7 Å². The van der Waals surface area contributed by atoms with E-state index in [1.165, 1.54) is 11.3 Å². The van der Waals surface area contributed by atoms with Gasteiger partial charge in [0, 0.05) is 0 Å². The zero-order chi connectivity index (χ0) is 19.0. The molecule has 0 aliphatic heterocycles. The number of amides is 1. The minimum atomic E-state index is -0.252. The lowest BCUT2D eigenvalue weighted by molar-refractivity contribution is 0.0957. The molecule has 0 spiro atoms. The molecule has 4 nitrogen and oxygen atoms in total. The summed E-state index contributed by atoms with van der Waals surface area (Å²) in [5.74, 6) is -0.00253. The molecule has 0 fully saturated rings. The quantitative estimate of drug-likeness (QED) is 0.350. The minimum absolute atomic E-state index is 0.250. The summed E-state index contributed by atoms with van der Waals surface area (Å²) in [4.78, 5) is 19.5. The molecule has 0 saturated heterocycles. The Bertz CT molecular complexity index is 1080. The average molecular weight is 462 g/mol. The third-order valence-electron chi connectivity index (χ3n) is 4.13. The number of benzene rings is 2. The van der Waals surface area contributed by atoms with Crippen LogP contribution in [0.4, 0.5) is 5.13 Å². The third kappa shape index (κ3) is 3.65. The number of thiazole rings is 1. The van der Waals surface area contributed by atoms with Gasteiger partial charge in [0.15, 0.2) is 15.6 Å². The van der Waals surface area contributed by atoms with E-state index in [2.05, 4.69) is 15.9 Å². The molecular weight excluding hydrogens is 448 g/mol. The van der Waals surface area contributed by atoms with Gasteiger partial charge in [-0.3, -0.25) is 9.69 Å². The second-order valence-corrected chi connectivity index (χ2v) is 8.19. The van der Waals surface area contributed by atoms with Crippen molar-refractivity contribution in [3.8, 4) is 0 Å². The average Bonchev–Trinajstić information content (AvgIpc) is 3.30. The summed E-state index contributed by atoms with van der Waals surface area (Å²) in [6.07, 6.45) is 0. The normalized spacial score (nSPS) is 11.1. The molecule has 0 N–H and O–H groups in total. The molecule has 0 aliphatic carbocycles. The van der Waals surface area contributed by atoms with Crippen molar-refractivity contribution in [3.05, 3.63) is 81.2 Å². The molecule has 0 radical (unpaired) electrons. The molecule has 2 aromatic carbocycles. The molecule has 1 amide bonds. The maximum Gasteiger partial charge on any atom is 0.296 e. The number of rotatable bonds is 4. The Hall–Kier alpha value is -2.15. The van der Waals surface area contributed by atoms with Gasteiger partial charge < -0.3 is 4.42 Å². The Morgan fingerprint density at radius 3 is 2.63 bits per heavy atom. The Kier molecular flexibility index (Phi) is 5.04. The van der Waals surface area contributed by atoms with E-state index in [0.29, 0.717) is 21.4 Å². The summed E-state index contributed by atoms with van der Waals surface area (Å²) in [6.45, 7) is 2.36. The lowest BCUT2D eigenvalue weighted by Gasteiger charge is -2.18. The zero-order valence-corrected chi connectivity index (χ0v) is 17.4. The number of nitrogens with zero attached hydrogens (tertiary/aromatic N) is 2. The highest BCUT2D eigenvalue weighted by Gasteiger charge is 2.25. The van der Waals surface area contributed by atoms with Crippen LogP contribution in [0.3, 0.4) is 0 Å². The topological polar surface area (TPSA) is 46.3 Å². The molecule has 0 aliphatic rings. The number of hydrogen-bond donors (Lipinski definition) is 0. The molecule has 4 rings (SSSR count). The fourth-order valence-electron chi connectivity index (χ4n) is 2.76. The first-order valence-electron chi connectivity index (χ1n) is 8.19. The largest absolute Gasteiger partial charge is 0.444 e. The van der Waals surface area contributed by atoms with E-state index < -0.39 is 0 Å². The highest BCUT2D eigenvalue weighted by molar-refractivity contribution is 9.10. The predicted octanol–water partition coefficient (Wildman–Crippen LogP) is 6.46. The number of carbonyl (C=O) groups is 1. The van der Waals surface area contributed by atoms with E-state index >= 15 is 0 Å². The molecule has 2 heterocycles. The van der Waals surface area contributed by atoms with Crippen LogP contribution in [0.25, 0.3) is 10.2 Å². The molecule has 27 heavy (non-hydrogen) atoms. The molecule has 136 valence electrons. The van der Waals surface area contributed by atoms with Gasteiger partial charge in [-0.15, -0.1) is 0 Å². The van der Waals surface area contributed by atoms with Gasteiger partial charge in [-0.2, -0.15) is 0 Å². The first-order chi connectivity index (χ1) is 13.0. The second kappa shape index (κ2) is 7.46. The number of aromatic nitrogens is 1. The van der Waals surface area contributed by atoms with Gasteiger partial charge >= 0.3 is 0 Å². The molecule has 4 aromatic rings. The van der Waals surface area contributed by atoms with Crippen molar-refractivity contribution in [1.29, 1.82) is 0 Å². The van der Waals surface area contributed by atoms with Crippen molar-refractivity contribution >= 4 is 60.1 Å². The van der Waals surface area contributed by atoms with E-state index in [4.69, 9.17) is 21.0 Å². The molecule has 0 unspecified atom stereocenters. The summed E-state index contributed by atoms with van der Waals surface area (Å²) < 4.78 is 6.86. The van der Waals surface area contributed by atoms with Crippen molar-refractivity contribution in [2.24, 2.45) is 0 Å². The third-order valence-corrected chi connectivity index (χ3v) is 6.09. The number of hydrogen-bond acceptors (Lipinski definition) is 4. The number of carbonyl (C=O) groups excluding carboxylic acids is 1. The van der Waals surface area contributed by atoms with Crippen LogP contribution < -0.4 is 4.90 Å². The SMILES string of the molecule is Cc1ccc(Cl)c2sc(N(Cc3ccccc3)C(=O)c3ccc(Br)o3)nc12. The predicted molar refractivity (Wildman–Crippen MR) is 113 cm³/mol. The maximum absolute atomic E-state index is 13.2. The first kappa shape index (κ1) is 18.2. The van der Waals surface area contributed by atoms with Crippen molar-refractivity contribution < 1.29 is 9.21 Å². The van der Waals surface area contributed by atoms with E-state index in [1.807, 2.05) is 49.4 Å². The van der Waals surface area contributed by atoms with E-state index in [-0.39, 0.29) is 11.7 Å². The van der Waals surface area contributed by atoms with Crippen LogP contribution in [0.2, 0.25) is 5.02 Å². The maximum atomic E-state index is 13.2. The number of anilines is 1. The van der Waals surface area contributed by atoms with Crippen molar-refractivity contribution in [2.45, 2.75) is 13.5 Å². The number of aryl methyl sites for hydroxylation is 1. The fourth-order valence-corrected chi connectivity index (χ4v) is 4.38. The van der Waals surface area contributed by atoms with Gasteiger partial charge in [-0.25, -0.2) is 4.98 Å². The van der Waals surface area contributed by atoms with Gasteiger partial charge in [0.1, 0.15) is 0 Å². The van der Waals surface area contributed by atoms with Crippen molar-refractivity contribution in [1.82, 2.24) is 4.98 Å². The molecular formula is C20H14BrClN2O2S. The second-order valence-electron chi connectivity index (χ2n) is 6.02. The fraction of sp³-hybridized carbons (Fsp3) is 0.100. The lowest BCUT2D eigenvalue weighted by atomic mass is 10.2. The van der Waals surface area contributed by atoms with E-state index in [0.717, 1.165) is 21.3 Å². The van der Waals surface area contributed by atoms with Gasteiger partial charge in [0.05, 0.1) is 21.8 Å². The molecule has 7 heteroatoms. The van der Waals surface area contributed by atoms with Crippen molar-refractivity contribution in [3.63, 3.8) is 0 Å². The van der Waals surface area contributed by atoms with Crippen LogP contribution in [0, 0.1) is 6.92 Å². The highest BCUT2D eigenvalue weighted by Crippen LogP contribution is 2.36. The van der Waals surface area contributed by atoms with Crippen LogP contribution in [0.1, 0.15) is 21.7 Å². The monoisotopic (exact) mass is 460 g/mol. The highest BCUT2D eigenvalue weighted by atomic mass is 79.9. The summed E-state index contributed by atoms with van der Waals surface area (Å²) in [6, 6.07) is 16.9. The van der Waals surface area contributed by atoms with Gasteiger partial charge in [-0.1, -0.05) is 59.3 Å². The molecule has 0 atom stereocenters. The summed E-state index contributed by atoms with van der Waals surface area (Å²) >= 11 is 11.0. The van der Waals surface area contributed by atoms with Gasteiger partial charge in [-0.05, 0) is 52.2 Å². The van der Waals surface area contributed by atoms with Crippen LogP contribution in [-0.2, 0) is 6.54 Å².